The van der Waals surface area contributed by atoms with Crippen molar-refractivity contribution in [3.63, 3.8) is 0 Å². The molecule has 0 aliphatic rings. The Bertz CT molecular complexity index is 602. The summed E-state index contributed by atoms with van der Waals surface area (Å²) in [5.41, 5.74) is 0.932. The van der Waals surface area contributed by atoms with Crippen LogP contribution in [0.5, 0.6) is 11.5 Å². The average molecular weight is 314 g/mol. The molecule has 2 aromatic rings. The molecule has 23 heavy (non-hydrogen) atoms. The molecular formula is C18H22N2O3. The Morgan fingerprint density at radius 1 is 1.04 bits per heavy atom. The van der Waals surface area contributed by atoms with Gasteiger partial charge in [0.05, 0.1) is 13.2 Å². The molecule has 2 N–H and O–H groups in total. The smallest absolute Gasteiger partial charge is 0.234 e. The van der Waals surface area contributed by atoms with E-state index in [1.165, 1.54) is 0 Å². The summed E-state index contributed by atoms with van der Waals surface area (Å²) in [6, 6.07) is 17.3. The number of ether oxygens (including phenoxy) is 2. The predicted octanol–water partition coefficient (Wildman–Crippen LogP) is 2.33. The fourth-order valence-electron chi connectivity index (χ4n) is 2.00. The number of carbonyl (C=O) groups excluding carboxylic acids is 1. The highest BCUT2D eigenvalue weighted by molar-refractivity contribution is 5.78. The van der Waals surface area contributed by atoms with E-state index in [-0.39, 0.29) is 12.5 Å². The summed E-state index contributed by atoms with van der Waals surface area (Å²) >= 11 is 0. The van der Waals surface area contributed by atoms with Gasteiger partial charge in [-0.25, -0.2) is 0 Å². The Morgan fingerprint density at radius 3 is 2.57 bits per heavy atom. The molecule has 0 saturated heterocycles. The van der Waals surface area contributed by atoms with Crippen molar-refractivity contribution in [2.75, 3.05) is 26.8 Å². The van der Waals surface area contributed by atoms with Crippen molar-refractivity contribution in [2.45, 2.75) is 6.54 Å². The summed E-state index contributed by atoms with van der Waals surface area (Å²) in [5.74, 6) is 1.45. The van der Waals surface area contributed by atoms with Gasteiger partial charge in [0.15, 0.2) is 0 Å². The summed E-state index contributed by atoms with van der Waals surface area (Å²) < 4.78 is 10.8. The largest absolute Gasteiger partial charge is 0.457 e. The van der Waals surface area contributed by atoms with E-state index in [4.69, 9.17) is 9.47 Å². The molecule has 5 nitrogen and oxygen atoms in total. The third-order valence-corrected chi connectivity index (χ3v) is 3.19. The summed E-state index contributed by atoms with van der Waals surface area (Å²) in [6.07, 6.45) is 0. The Balaban J connectivity index is 1.86. The first-order valence-electron chi connectivity index (χ1n) is 7.57. The monoisotopic (exact) mass is 314 g/mol. The van der Waals surface area contributed by atoms with Crippen molar-refractivity contribution in [3.05, 3.63) is 60.2 Å². The second kappa shape index (κ2) is 9.61. The molecule has 0 aromatic heterocycles. The minimum absolute atomic E-state index is 0.0596. The van der Waals surface area contributed by atoms with Crippen LogP contribution in [-0.2, 0) is 16.1 Å². The number of carbonyl (C=O) groups is 1. The summed E-state index contributed by atoms with van der Waals surface area (Å²) in [6.45, 7) is 1.93. The minimum Gasteiger partial charge on any atom is -0.457 e. The first-order valence-corrected chi connectivity index (χ1v) is 7.57. The molecule has 2 aromatic carbocycles. The van der Waals surface area contributed by atoms with Gasteiger partial charge in [-0.1, -0.05) is 36.4 Å². The zero-order valence-electron chi connectivity index (χ0n) is 13.2. The summed E-state index contributed by atoms with van der Waals surface area (Å²) in [4.78, 5) is 11.8. The number of rotatable bonds is 9. The van der Waals surface area contributed by atoms with E-state index in [9.17, 15) is 4.79 Å². The van der Waals surface area contributed by atoms with Crippen LogP contribution in [0.4, 0.5) is 0 Å². The van der Waals surface area contributed by atoms with Gasteiger partial charge < -0.3 is 20.1 Å². The molecule has 0 aliphatic carbocycles. The lowest BCUT2D eigenvalue weighted by Crippen LogP contribution is -2.34. The number of para-hydroxylation sites is 2. The van der Waals surface area contributed by atoms with Crippen molar-refractivity contribution in [3.8, 4) is 11.5 Å². The predicted molar refractivity (Wildman–Crippen MR) is 89.6 cm³/mol. The van der Waals surface area contributed by atoms with Gasteiger partial charge in [-0.3, -0.25) is 4.79 Å². The zero-order chi connectivity index (χ0) is 16.3. The number of nitrogens with one attached hydrogen (secondary N) is 2. The van der Waals surface area contributed by atoms with E-state index in [2.05, 4.69) is 10.6 Å². The maximum Gasteiger partial charge on any atom is 0.234 e. The Morgan fingerprint density at radius 2 is 1.78 bits per heavy atom. The molecule has 0 unspecified atom stereocenters. The maximum atomic E-state index is 11.8. The van der Waals surface area contributed by atoms with E-state index < -0.39 is 0 Å². The Labute approximate surface area is 136 Å². The first-order chi connectivity index (χ1) is 11.3. The molecule has 122 valence electrons. The highest BCUT2D eigenvalue weighted by Gasteiger charge is 2.06. The highest BCUT2D eigenvalue weighted by atomic mass is 16.5. The van der Waals surface area contributed by atoms with Crippen LogP contribution in [0.25, 0.3) is 0 Å². The molecule has 1 amide bonds. The highest BCUT2D eigenvalue weighted by Crippen LogP contribution is 2.24. The van der Waals surface area contributed by atoms with Gasteiger partial charge in [0.1, 0.15) is 11.5 Å². The SMILES string of the molecule is COCCNCC(=O)NCc1ccccc1Oc1ccccc1. The second-order valence-electron chi connectivity index (χ2n) is 4.97. The van der Waals surface area contributed by atoms with Crippen LogP contribution in [0, 0.1) is 0 Å². The molecular weight excluding hydrogens is 292 g/mol. The van der Waals surface area contributed by atoms with Crippen molar-refractivity contribution in [1.82, 2.24) is 10.6 Å². The number of hydrogen-bond acceptors (Lipinski definition) is 4. The quantitative estimate of drug-likeness (QED) is 0.698. The summed E-state index contributed by atoms with van der Waals surface area (Å²) in [7, 11) is 1.63. The molecule has 0 radical (unpaired) electrons. The normalized spacial score (nSPS) is 10.3. The third-order valence-electron chi connectivity index (χ3n) is 3.19. The number of benzene rings is 2. The molecule has 0 saturated carbocycles. The molecule has 0 aliphatic heterocycles. The number of amides is 1. The summed E-state index contributed by atoms with van der Waals surface area (Å²) in [5, 5.41) is 5.89. The molecule has 0 bridgehead atoms. The van der Waals surface area contributed by atoms with Gasteiger partial charge in [0, 0.05) is 25.8 Å². The molecule has 2 rings (SSSR count). The molecule has 0 spiro atoms. The van der Waals surface area contributed by atoms with Crippen LogP contribution in [-0.4, -0.2) is 32.7 Å². The van der Waals surface area contributed by atoms with Gasteiger partial charge in [0.2, 0.25) is 5.91 Å². The third kappa shape index (κ3) is 6.10. The fourth-order valence-corrected chi connectivity index (χ4v) is 2.00. The van der Waals surface area contributed by atoms with Crippen molar-refractivity contribution in [1.29, 1.82) is 0 Å². The standard InChI is InChI=1S/C18H22N2O3/c1-22-12-11-19-14-18(21)20-13-15-7-5-6-10-17(15)23-16-8-3-2-4-9-16/h2-10,19H,11-14H2,1H3,(H,20,21). The van der Waals surface area contributed by atoms with E-state index in [1.54, 1.807) is 7.11 Å². The number of hydrogen-bond donors (Lipinski definition) is 2. The van der Waals surface area contributed by atoms with Crippen LogP contribution >= 0.6 is 0 Å². The first kappa shape index (κ1) is 17.0. The van der Waals surface area contributed by atoms with Crippen molar-refractivity contribution >= 4 is 5.91 Å². The average Bonchev–Trinajstić information content (AvgIpc) is 2.59. The molecule has 5 heteroatoms. The number of methoxy groups -OCH3 is 1. The molecule has 0 atom stereocenters. The zero-order valence-corrected chi connectivity index (χ0v) is 13.2. The van der Waals surface area contributed by atoms with E-state index in [0.717, 1.165) is 17.1 Å². The van der Waals surface area contributed by atoms with Crippen LogP contribution < -0.4 is 15.4 Å². The minimum atomic E-state index is -0.0596. The van der Waals surface area contributed by atoms with Crippen molar-refractivity contribution in [2.24, 2.45) is 0 Å². The van der Waals surface area contributed by atoms with E-state index >= 15 is 0 Å². The van der Waals surface area contributed by atoms with Gasteiger partial charge >= 0.3 is 0 Å². The van der Waals surface area contributed by atoms with Crippen molar-refractivity contribution < 1.29 is 14.3 Å². The van der Waals surface area contributed by atoms with E-state index in [0.29, 0.717) is 19.7 Å². The maximum absolute atomic E-state index is 11.8. The fraction of sp³-hybridized carbons (Fsp3) is 0.278. The van der Waals surface area contributed by atoms with Crippen LogP contribution in [0.1, 0.15) is 5.56 Å². The van der Waals surface area contributed by atoms with Gasteiger partial charge in [-0.2, -0.15) is 0 Å². The second-order valence-corrected chi connectivity index (χ2v) is 4.97. The Hall–Kier alpha value is -2.37. The Kier molecular flexibility index (Phi) is 7.10. The van der Waals surface area contributed by atoms with Gasteiger partial charge in [-0.15, -0.1) is 0 Å². The van der Waals surface area contributed by atoms with Crippen LogP contribution in [0.15, 0.2) is 54.6 Å². The lowest BCUT2D eigenvalue weighted by Gasteiger charge is -2.12. The van der Waals surface area contributed by atoms with Gasteiger partial charge in [0.25, 0.3) is 0 Å². The van der Waals surface area contributed by atoms with Crippen LogP contribution in [0.2, 0.25) is 0 Å². The lowest BCUT2D eigenvalue weighted by atomic mass is 10.2. The topological polar surface area (TPSA) is 59.6 Å². The van der Waals surface area contributed by atoms with Crippen LogP contribution in [0.3, 0.4) is 0 Å². The molecule has 0 fully saturated rings. The lowest BCUT2D eigenvalue weighted by molar-refractivity contribution is -0.120. The molecule has 0 heterocycles. The van der Waals surface area contributed by atoms with Gasteiger partial charge in [-0.05, 0) is 18.2 Å². The van der Waals surface area contributed by atoms with E-state index in [1.807, 2.05) is 54.6 Å².